The van der Waals surface area contributed by atoms with Gasteiger partial charge in [-0.25, -0.2) is 18.6 Å². The molecule has 0 aliphatic carbocycles. The average molecular weight is 483 g/mol. The zero-order chi connectivity index (χ0) is 23.3. The van der Waals surface area contributed by atoms with Gasteiger partial charge in [-0.05, 0) is 25.8 Å². The summed E-state index contributed by atoms with van der Waals surface area (Å²) in [6.45, 7) is 2.13. The minimum absolute atomic E-state index is 0.0227. The number of likely N-dealkylation sites (tertiary alicyclic amines) is 1. The number of pyridine rings is 1. The molecule has 3 saturated heterocycles. The average Bonchev–Trinajstić information content (AvgIpc) is 3.48. The first-order chi connectivity index (χ1) is 15.8. The summed E-state index contributed by atoms with van der Waals surface area (Å²) in [5, 5.41) is 9.33. The number of anilines is 1. The number of nitrogens with zero attached hydrogens (tertiary/aromatic N) is 6. The minimum atomic E-state index is -0.981. The second-order valence-electron chi connectivity index (χ2n) is 9.10. The highest BCUT2D eigenvalue weighted by atomic mass is 35.5. The van der Waals surface area contributed by atoms with Crippen LogP contribution in [0.1, 0.15) is 25.7 Å². The van der Waals surface area contributed by atoms with E-state index < -0.39 is 23.6 Å². The van der Waals surface area contributed by atoms with Gasteiger partial charge in [0, 0.05) is 45.3 Å². The van der Waals surface area contributed by atoms with Gasteiger partial charge >= 0.3 is 12.1 Å². The van der Waals surface area contributed by atoms with Crippen LogP contribution in [-0.2, 0) is 0 Å². The van der Waals surface area contributed by atoms with Gasteiger partial charge in [-0.1, -0.05) is 11.6 Å². The van der Waals surface area contributed by atoms with Gasteiger partial charge in [0.15, 0.2) is 11.0 Å². The summed E-state index contributed by atoms with van der Waals surface area (Å²) in [5.41, 5.74) is -0.420. The van der Waals surface area contributed by atoms with Gasteiger partial charge in [-0.3, -0.25) is 4.90 Å². The number of fused-ring (bicyclic) bond motifs is 2. The number of carboxylic acid groups (broad SMARTS) is 1. The molecule has 3 fully saturated rings. The Morgan fingerprint density at radius 2 is 2.21 bits per heavy atom. The van der Waals surface area contributed by atoms with Crippen molar-refractivity contribution in [3.8, 4) is 6.01 Å². The summed E-state index contributed by atoms with van der Waals surface area (Å²) in [4.78, 5) is 29.3. The topological polar surface area (TPSA) is 94.9 Å². The highest BCUT2D eigenvalue weighted by molar-refractivity contribution is 6.30. The van der Waals surface area contributed by atoms with E-state index in [0.717, 1.165) is 19.4 Å². The Balaban J connectivity index is 1.47. The molecule has 2 aromatic heterocycles. The van der Waals surface area contributed by atoms with Crippen molar-refractivity contribution in [3.05, 3.63) is 17.2 Å². The molecule has 12 heteroatoms. The van der Waals surface area contributed by atoms with Crippen LogP contribution in [0.2, 0.25) is 5.15 Å². The molecular formula is C21H25ClF2N6O3. The Morgan fingerprint density at radius 3 is 2.97 bits per heavy atom. The highest BCUT2D eigenvalue weighted by Crippen LogP contribution is 2.40. The van der Waals surface area contributed by atoms with Crippen LogP contribution in [0.3, 0.4) is 0 Å². The Hall–Kier alpha value is -2.53. The molecule has 5 rings (SSSR count). The van der Waals surface area contributed by atoms with Crippen LogP contribution in [0.5, 0.6) is 6.01 Å². The third-order valence-electron chi connectivity index (χ3n) is 7.15. The van der Waals surface area contributed by atoms with E-state index in [1.165, 1.54) is 11.1 Å². The third-order valence-corrected chi connectivity index (χ3v) is 7.41. The molecule has 1 N–H and O–H groups in total. The van der Waals surface area contributed by atoms with Gasteiger partial charge in [-0.2, -0.15) is 9.97 Å². The lowest BCUT2D eigenvalue weighted by Gasteiger charge is -2.31. The smallest absolute Gasteiger partial charge is 0.407 e. The van der Waals surface area contributed by atoms with Crippen LogP contribution < -0.4 is 9.64 Å². The van der Waals surface area contributed by atoms with Crippen LogP contribution in [0.25, 0.3) is 10.9 Å². The largest absolute Gasteiger partial charge is 0.465 e. The lowest BCUT2D eigenvalue weighted by molar-refractivity contribution is 0.107. The molecule has 0 spiro atoms. The van der Waals surface area contributed by atoms with E-state index in [0.29, 0.717) is 43.7 Å². The van der Waals surface area contributed by atoms with Gasteiger partial charge in [-0.15, -0.1) is 0 Å². The van der Waals surface area contributed by atoms with E-state index in [1.807, 2.05) is 4.90 Å². The molecule has 0 aromatic carbocycles. The zero-order valence-electron chi connectivity index (χ0n) is 18.2. The molecule has 0 unspecified atom stereocenters. The van der Waals surface area contributed by atoms with Gasteiger partial charge in [0.25, 0.3) is 0 Å². The van der Waals surface area contributed by atoms with Crippen LogP contribution >= 0.6 is 11.6 Å². The first-order valence-electron chi connectivity index (χ1n) is 11.0. The SMILES string of the molecule is CN(c1nc(OC[C@]23CCCN2C[C@H](F)C3)nc2c(F)c(Cl)ncc12)[C@@H]1CCN(C(=O)O)C1. The van der Waals surface area contributed by atoms with E-state index in [4.69, 9.17) is 16.3 Å². The van der Waals surface area contributed by atoms with Gasteiger partial charge in [0.1, 0.15) is 24.1 Å². The molecule has 3 atom stereocenters. The van der Waals surface area contributed by atoms with Gasteiger partial charge in [0.05, 0.1) is 10.9 Å². The van der Waals surface area contributed by atoms with Crippen molar-refractivity contribution in [3.63, 3.8) is 0 Å². The van der Waals surface area contributed by atoms with Crippen molar-refractivity contribution in [2.75, 3.05) is 44.7 Å². The predicted octanol–water partition coefficient (Wildman–Crippen LogP) is 2.96. The highest BCUT2D eigenvalue weighted by Gasteiger charge is 2.49. The molecule has 0 saturated carbocycles. The van der Waals surface area contributed by atoms with E-state index in [-0.39, 0.29) is 29.3 Å². The molecule has 3 aliphatic heterocycles. The third kappa shape index (κ3) is 3.90. The fourth-order valence-electron chi connectivity index (χ4n) is 5.39. The van der Waals surface area contributed by atoms with Crippen LogP contribution in [0.4, 0.5) is 19.4 Å². The maximum atomic E-state index is 14.9. The summed E-state index contributed by atoms with van der Waals surface area (Å²) in [5.74, 6) is -0.397. The number of rotatable bonds is 5. The summed E-state index contributed by atoms with van der Waals surface area (Å²) in [6, 6.07) is -0.182. The second-order valence-corrected chi connectivity index (χ2v) is 9.46. The van der Waals surface area contributed by atoms with Crippen molar-refractivity contribution < 1.29 is 23.4 Å². The molecule has 33 heavy (non-hydrogen) atoms. The molecule has 3 aliphatic rings. The number of hydrogen-bond donors (Lipinski definition) is 1. The van der Waals surface area contributed by atoms with E-state index >= 15 is 0 Å². The maximum Gasteiger partial charge on any atom is 0.407 e. The van der Waals surface area contributed by atoms with Crippen LogP contribution in [-0.4, -0.2) is 93.5 Å². The zero-order valence-corrected chi connectivity index (χ0v) is 18.9. The van der Waals surface area contributed by atoms with Gasteiger partial charge < -0.3 is 19.6 Å². The van der Waals surface area contributed by atoms with Crippen molar-refractivity contribution >= 4 is 34.4 Å². The molecule has 5 heterocycles. The number of likely N-dealkylation sites (N-methyl/N-ethyl adjacent to an activating group) is 1. The van der Waals surface area contributed by atoms with Gasteiger partial charge in [0.2, 0.25) is 0 Å². The number of aromatic nitrogens is 3. The molecule has 1 amide bonds. The fraction of sp³-hybridized carbons (Fsp3) is 0.619. The van der Waals surface area contributed by atoms with E-state index in [1.54, 1.807) is 7.05 Å². The molecule has 0 radical (unpaired) electrons. The summed E-state index contributed by atoms with van der Waals surface area (Å²) < 4.78 is 34.9. The Labute approximate surface area is 194 Å². The number of carbonyl (C=O) groups is 1. The van der Waals surface area contributed by atoms with Crippen molar-refractivity contribution in [1.82, 2.24) is 24.8 Å². The molecule has 2 aromatic rings. The standard InChI is InChI=1S/C21H25ClF2N6O3/c1-28(13-3-6-29(10-13)20(31)32)18-14-8-25-17(22)15(24)16(14)26-19(27-18)33-11-21-4-2-5-30(21)9-12(23)7-21/h8,12-13H,2-7,9-11H2,1H3,(H,31,32)/t12-,13-,21-/m1/s1. The molecule has 0 bridgehead atoms. The van der Waals surface area contributed by atoms with Crippen molar-refractivity contribution in [2.45, 2.75) is 43.4 Å². The fourth-order valence-corrected chi connectivity index (χ4v) is 5.52. The monoisotopic (exact) mass is 482 g/mol. The molecule has 178 valence electrons. The lowest BCUT2D eigenvalue weighted by atomic mass is 9.95. The summed E-state index contributed by atoms with van der Waals surface area (Å²) in [7, 11) is 1.77. The van der Waals surface area contributed by atoms with Crippen LogP contribution in [0, 0.1) is 5.82 Å². The summed E-state index contributed by atoms with van der Waals surface area (Å²) in [6.07, 6.45) is 2.32. The van der Waals surface area contributed by atoms with Crippen molar-refractivity contribution in [2.24, 2.45) is 0 Å². The number of halogens is 3. The number of alkyl halides is 1. The molecule has 9 nitrogen and oxygen atoms in total. The van der Waals surface area contributed by atoms with Crippen LogP contribution in [0.15, 0.2) is 6.20 Å². The molecular weight excluding hydrogens is 458 g/mol. The predicted molar refractivity (Wildman–Crippen MR) is 117 cm³/mol. The number of amides is 1. The Bertz CT molecular complexity index is 1090. The maximum absolute atomic E-state index is 14.9. The first kappa shape index (κ1) is 22.3. The summed E-state index contributed by atoms with van der Waals surface area (Å²) >= 11 is 5.90. The second kappa shape index (κ2) is 8.35. The van der Waals surface area contributed by atoms with E-state index in [2.05, 4.69) is 19.9 Å². The minimum Gasteiger partial charge on any atom is -0.465 e. The number of ether oxygens (including phenoxy) is 1. The van der Waals surface area contributed by atoms with Crippen molar-refractivity contribution in [1.29, 1.82) is 0 Å². The van der Waals surface area contributed by atoms with E-state index in [9.17, 15) is 18.7 Å². The normalized spacial score (nSPS) is 27.3. The lowest BCUT2D eigenvalue weighted by Crippen LogP contribution is -2.43. The first-order valence-corrected chi connectivity index (χ1v) is 11.4. The Kier molecular flexibility index (Phi) is 5.64. The quantitative estimate of drug-likeness (QED) is 0.650. The number of hydrogen-bond acceptors (Lipinski definition) is 7. The Morgan fingerprint density at radius 1 is 1.39 bits per heavy atom.